The van der Waals surface area contributed by atoms with Crippen LogP contribution in [0.4, 0.5) is 11.4 Å². The lowest BCUT2D eigenvalue weighted by atomic mass is 9.72. The van der Waals surface area contributed by atoms with Gasteiger partial charge in [-0.3, -0.25) is 4.79 Å². The predicted octanol–water partition coefficient (Wildman–Crippen LogP) is 3.43. The predicted molar refractivity (Wildman–Crippen MR) is 74.3 cm³/mol. The Balaban J connectivity index is 2.17. The van der Waals surface area contributed by atoms with Crippen molar-refractivity contribution in [2.24, 2.45) is 0 Å². The molecule has 1 amide bonds. The van der Waals surface area contributed by atoms with Crippen molar-refractivity contribution in [2.75, 3.05) is 10.2 Å². The van der Waals surface area contributed by atoms with Crippen LogP contribution >= 0.6 is 11.6 Å². The molecule has 4 heteroatoms. The van der Waals surface area contributed by atoms with Crippen molar-refractivity contribution in [3.8, 4) is 0 Å². The van der Waals surface area contributed by atoms with Crippen molar-refractivity contribution in [1.82, 2.24) is 0 Å². The van der Waals surface area contributed by atoms with E-state index < -0.39 is 0 Å². The fourth-order valence-electron chi connectivity index (χ4n) is 3.16. The van der Waals surface area contributed by atoms with E-state index >= 15 is 0 Å². The van der Waals surface area contributed by atoms with Crippen LogP contribution in [-0.2, 0) is 4.79 Å². The molecule has 3 rings (SSSR count). The first-order valence-corrected chi connectivity index (χ1v) is 6.83. The number of carbonyl (C=O) groups excluding carboxylic acids is 1. The maximum atomic E-state index is 12.4. The van der Waals surface area contributed by atoms with Crippen molar-refractivity contribution >= 4 is 28.9 Å². The molecule has 1 aliphatic heterocycles. The van der Waals surface area contributed by atoms with Crippen molar-refractivity contribution in [2.45, 2.75) is 44.7 Å². The Hall–Kier alpha value is -1.22. The molecule has 0 radical (unpaired) electrons. The highest BCUT2D eigenvalue weighted by atomic mass is 35.5. The highest BCUT2D eigenvalue weighted by Crippen LogP contribution is 2.49. The van der Waals surface area contributed by atoms with Gasteiger partial charge in [0.05, 0.1) is 16.4 Å². The van der Waals surface area contributed by atoms with E-state index in [0.717, 1.165) is 30.6 Å². The van der Waals surface area contributed by atoms with Gasteiger partial charge in [-0.25, -0.2) is 0 Å². The van der Waals surface area contributed by atoms with E-state index in [-0.39, 0.29) is 17.5 Å². The average Bonchev–Trinajstić information content (AvgIpc) is 2.26. The molecule has 0 bridgehead atoms. The Morgan fingerprint density at radius 1 is 1.39 bits per heavy atom. The first kappa shape index (κ1) is 11.8. The number of hydrogen-bond donors (Lipinski definition) is 1. The summed E-state index contributed by atoms with van der Waals surface area (Å²) in [6.45, 7) is 4.26. The normalized spacial score (nSPS) is 20.7. The summed E-state index contributed by atoms with van der Waals surface area (Å²) in [7, 11) is 0. The topological polar surface area (TPSA) is 32.3 Å². The second-order valence-electron chi connectivity index (χ2n) is 5.44. The second-order valence-corrected chi connectivity index (χ2v) is 5.84. The summed E-state index contributed by atoms with van der Waals surface area (Å²) in [5.74, 6) is 0.100. The molecule has 1 saturated carbocycles. The molecule has 1 aromatic carbocycles. The Morgan fingerprint density at radius 2 is 2.11 bits per heavy atom. The van der Waals surface area contributed by atoms with Crippen molar-refractivity contribution in [1.29, 1.82) is 0 Å². The van der Waals surface area contributed by atoms with Crippen LogP contribution in [0, 0.1) is 0 Å². The Morgan fingerprint density at radius 3 is 2.67 bits per heavy atom. The van der Waals surface area contributed by atoms with Crippen LogP contribution in [0.5, 0.6) is 0 Å². The molecule has 0 aromatic heterocycles. The van der Waals surface area contributed by atoms with Crippen molar-refractivity contribution in [3.63, 3.8) is 0 Å². The highest BCUT2D eigenvalue weighted by Gasteiger charge is 2.53. The molecule has 1 N–H and O–H groups in total. The van der Waals surface area contributed by atoms with Crippen LogP contribution in [0.25, 0.3) is 0 Å². The maximum absolute atomic E-state index is 12.4. The van der Waals surface area contributed by atoms with Crippen molar-refractivity contribution < 1.29 is 4.79 Å². The van der Waals surface area contributed by atoms with Gasteiger partial charge in [0.15, 0.2) is 0 Å². The fourth-order valence-corrected chi connectivity index (χ4v) is 3.38. The van der Waals surface area contributed by atoms with Gasteiger partial charge in [0.1, 0.15) is 5.54 Å². The standard InChI is InChI=1S/C14H17ClN2O/c1-9(2)17-11-6-3-5-10(15)12(11)16-13(18)14(17)7-4-8-14/h3,5-6,9H,4,7-8H2,1-2H3,(H,16,18). The number of carbonyl (C=O) groups is 1. The van der Waals surface area contributed by atoms with Crippen LogP contribution in [0.15, 0.2) is 18.2 Å². The molecule has 0 saturated heterocycles. The summed E-state index contributed by atoms with van der Waals surface area (Å²) in [4.78, 5) is 14.7. The highest BCUT2D eigenvalue weighted by molar-refractivity contribution is 6.35. The quantitative estimate of drug-likeness (QED) is 0.843. The number of para-hydroxylation sites is 1. The Bertz CT molecular complexity index is 509. The summed E-state index contributed by atoms with van der Waals surface area (Å²) in [6.07, 6.45) is 2.98. The summed E-state index contributed by atoms with van der Waals surface area (Å²) in [6, 6.07) is 6.09. The summed E-state index contributed by atoms with van der Waals surface area (Å²) in [5, 5.41) is 3.60. The number of rotatable bonds is 1. The lowest BCUT2D eigenvalue weighted by molar-refractivity contribution is -0.124. The van der Waals surface area contributed by atoms with Crippen LogP contribution in [0.2, 0.25) is 5.02 Å². The van der Waals surface area contributed by atoms with Crippen LogP contribution in [-0.4, -0.2) is 17.5 Å². The first-order valence-electron chi connectivity index (χ1n) is 6.45. The smallest absolute Gasteiger partial charge is 0.250 e. The van der Waals surface area contributed by atoms with Crippen LogP contribution in [0.3, 0.4) is 0 Å². The molecule has 18 heavy (non-hydrogen) atoms. The monoisotopic (exact) mass is 264 g/mol. The van der Waals surface area contributed by atoms with Crippen LogP contribution < -0.4 is 10.2 Å². The van der Waals surface area contributed by atoms with E-state index in [2.05, 4.69) is 24.1 Å². The van der Waals surface area contributed by atoms with Gasteiger partial charge in [0, 0.05) is 6.04 Å². The molecular weight excluding hydrogens is 248 g/mol. The van der Waals surface area contributed by atoms with Gasteiger partial charge in [-0.05, 0) is 45.2 Å². The lowest BCUT2D eigenvalue weighted by Crippen LogP contribution is -2.65. The molecule has 1 heterocycles. The van der Waals surface area contributed by atoms with E-state index in [1.54, 1.807) is 0 Å². The molecule has 2 aliphatic rings. The van der Waals surface area contributed by atoms with Gasteiger partial charge >= 0.3 is 0 Å². The van der Waals surface area contributed by atoms with Crippen molar-refractivity contribution in [3.05, 3.63) is 23.2 Å². The lowest BCUT2D eigenvalue weighted by Gasteiger charge is -2.54. The van der Waals surface area contributed by atoms with Gasteiger partial charge in [0.25, 0.3) is 0 Å². The number of nitrogens with one attached hydrogen (secondary N) is 1. The third-order valence-corrected chi connectivity index (χ3v) is 4.39. The molecule has 3 nitrogen and oxygen atoms in total. The van der Waals surface area contributed by atoms with E-state index in [1.165, 1.54) is 0 Å². The average molecular weight is 265 g/mol. The number of anilines is 2. The number of hydrogen-bond acceptors (Lipinski definition) is 2. The van der Waals surface area contributed by atoms with E-state index in [9.17, 15) is 4.79 Å². The molecule has 0 unspecified atom stereocenters. The zero-order chi connectivity index (χ0) is 12.9. The number of benzene rings is 1. The van der Waals surface area contributed by atoms with Gasteiger partial charge in [-0.1, -0.05) is 17.7 Å². The van der Waals surface area contributed by atoms with E-state index in [1.807, 2.05) is 18.2 Å². The Labute approximate surface area is 112 Å². The summed E-state index contributed by atoms with van der Waals surface area (Å²) < 4.78 is 0. The minimum Gasteiger partial charge on any atom is -0.353 e. The molecule has 1 spiro atoms. The molecule has 0 atom stereocenters. The number of amides is 1. The van der Waals surface area contributed by atoms with Gasteiger partial charge in [-0.15, -0.1) is 0 Å². The molecule has 1 aromatic rings. The fraction of sp³-hybridized carbons (Fsp3) is 0.500. The summed E-state index contributed by atoms with van der Waals surface area (Å²) in [5.41, 5.74) is 1.47. The van der Waals surface area contributed by atoms with E-state index in [4.69, 9.17) is 11.6 Å². The molecular formula is C14H17ClN2O. The number of fused-ring (bicyclic) bond motifs is 1. The third kappa shape index (κ3) is 1.40. The summed E-state index contributed by atoms with van der Waals surface area (Å²) >= 11 is 6.19. The van der Waals surface area contributed by atoms with Gasteiger partial charge in [0.2, 0.25) is 5.91 Å². The second kappa shape index (κ2) is 3.89. The minimum absolute atomic E-state index is 0.100. The minimum atomic E-state index is -0.341. The van der Waals surface area contributed by atoms with Crippen LogP contribution in [0.1, 0.15) is 33.1 Å². The maximum Gasteiger partial charge on any atom is 0.250 e. The molecule has 1 aliphatic carbocycles. The van der Waals surface area contributed by atoms with Gasteiger partial charge < -0.3 is 10.2 Å². The largest absolute Gasteiger partial charge is 0.353 e. The number of nitrogens with zero attached hydrogens (tertiary/aromatic N) is 1. The molecule has 1 fully saturated rings. The zero-order valence-corrected chi connectivity index (χ0v) is 11.4. The van der Waals surface area contributed by atoms with Gasteiger partial charge in [-0.2, -0.15) is 0 Å². The SMILES string of the molecule is CC(C)N1c2cccc(Cl)c2NC(=O)C12CCC2. The first-order chi connectivity index (χ1) is 8.56. The van der Waals surface area contributed by atoms with E-state index in [0.29, 0.717) is 5.02 Å². The number of halogens is 1. The zero-order valence-electron chi connectivity index (χ0n) is 10.7. The third-order valence-electron chi connectivity index (χ3n) is 4.07. The molecule has 96 valence electrons. The Kier molecular flexibility index (Phi) is 2.56.